The molecule has 0 aromatic heterocycles. The van der Waals surface area contributed by atoms with Crippen molar-refractivity contribution in [2.24, 2.45) is 5.73 Å². The lowest BCUT2D eigenvalue weighted by atomic mass is 10.0. The molecule has 0 radical (unpaired) electrons. The van der Waals surface area contributed by atoms with Crippen LogP contribution in [0.1, 0.15) is 40.0 Å². The molecule has 0 spiro atoms. The topological polar surface area (TPSA) is 75.4 Å². The predicted octanol–water partition coefficient (Wildman–Crippen LogP) is 0.518. The molecule has 0 aromatic carbocycles. The number of sulfonamides is 1. The molecule has 1 aliphatic rings. The minimum atomic E-state index is -3.08. The van der Waals surface area contributed by atoms with Crippen LogP contribution in [0.2, 0.25) is 0 Å². The SMILES string of the molecule is CCCS(=O)(=O)NC1CCN(CC(C)(C)N)CC1. The second-order valence-corrected chi connectivity index (χ2v) is 7.85. The van der Waals surface area contributed by atoms with Gasteiger partial charge in [0.2, 0.25) is 10.0 Å². The van der Waals surface area contributed by atoms with Gasteiger partial charge in [-0.3, -0.25) is 0 Å². The first-order valence-electron chi connectivity index (χ1n) is 6.73. The molecule has 1 aliphatic heterocycles. The van der Waals surface area contributed by atoms with Gasteiger partial charge in [-0.2, -0.15) is 0 Å². The monoisotopic (exact) mass is 277 g/mol. The summed E-state index contributed by atoms with van der Waals surface area (Å²) in [5.41, 5.74) is 5.80. The summed E-state index contributed by atoms with van der Waals surface area (Å²) in [6, 6.07) is 0.0960. The lowest BCUT2D eigenvalue weighted by molar-refractivity contribution is 0.176. The van der Waals surface area contributed by atoms with Gasteiger partial charge in [-0.05, 0) is 46.2 Å². The van der Waals surface area contributed by atoms with E-state index < -0.39 is 10.0 Å². The molecule has 0 aromatic rings. The third-order valence-corrected chi connectivity index (χ3v) is 4.68. The zero-order valence-corrected chi connectivity index (χ0v) is 12.6. The number of piperidine rings is 1. The van der Waals surface area contributed by atoms with Crippen molar-refractivity contribution >= 4 is 10.0 Å². The van der Waals surface area contributed by atoms with Gasteiger partial charge >= 0.3 is 0 Å². The summed E-state index contributed by atoms with van der Waals surface area (Å²) in [6.45, 7) is 8.61. The van der Waals surface area contributed by atoms with E-state index in [0.29, 0.717) is 6.42 Å². The summed E-state index contributed by atoms with van der Waals surface area (Å²) in [4.78, 5) is 2.31. The molecule has 0 bridgehead atoms. The Hall–Kier alpha value is -0.170. The van der Waals surface area contributed by atoms with Crippen molar-refractivity contribution in [3.63, 3.8) is 0 Å². The molecule has 3 N–H and O–H groups in total. The fourth-order valence-electron chi connectivity index (χ4n) is 2.37. The molecule has 1 rings (SSSR count). The molecule has 6 heteroatoms. The second kappa shape index (κ2) is 6.32. The fourth-order valence-corrected chi connectivity index (χ4v) is 3.77. The van der Waals surface area contributed by atoms with Gasteiger partial charge in [0.05, 0.1) is 5.75 Å². The van der Waals surface area contributed by atoms with E-state index in [-0.39, 0.29) is 17.3 Å². The van der Waals surface area contributed by atoms with E-state index in [0.717, 1.165) is 32.5 Å². The van der Waals surface area contributed by atoms with Gasteiger partial charge in [0, 0.05) is 18.1 Å². The van der Waals surface area contributed by atoms with Crippen LogP contribution < -0.4 is 10.5 Å². The molecular formula is C12H27N3O2S. The Balaban J connectivity index is 2.36. The van der Waals surface area contributed by atoms with Crippen molar-refractivity contribution in [3.8, 4) is 0 Å². The Morgan fingerprint density at radius 2 is 1.89 bits per heavy atom. The Labute approximate surface area is 111 Å². The highest BCUT2D eigenvalue weighted by Gasteiger charge is 2.25. The Bertz CT molecular complexity index is 341. The molecule has 1 fully saturated rings. The number of nitrogens with two attached hydrogens (primary N) is 1. The standard InChI is InChI=1S/C12H27N3O2S/c1-4-9-18(16,17)14-11-5-7-15(8-6-11)10-12(2,3)13/h11,14H,4-10,13H2,1-3H3. The molecule has 0 unspecified atom stereocenters. The van der Waals surface area contributed by atoms with Crippen LogP contribution in [0.15, 0.2) is 0 Å². The van der Waals surface area contributed by atoms with E-state index in [9.17, 15) is 8.42 Å². The van der Waals surface area contributed by atoms with Crippen molar-refractivity contribution in [1.29, 1.82) is 0 Å². The van der Waals surface area contributed by atoms with Crippen LogP contribution in [0.5, 0.6) is 0 Å². The zero-order valence-electron chi connectivity index (χ0n) is 11.8. The first-order valence-corrected chi connectivity index (χ1v) is 8.38. The lowest BCUT2D eigenvalue weighted by Gasteiger charge is -2.35. The number of rotatable bonds is 6. The molecule has 5 nitrogen and oxygen atoms in total. The molecule has 0 amide bonds. The van der Waals surface area contributed by atoms with Crippen molar-refractivity contribution in [1.82, 2.24) is 9.62 Å². The van der Waals surface area contributed by atoms with Gasteiger partial charge in [-0.15, -0.1) is 0 Å². The Morgan fingerprint density at radius 1 is 1.33 bits per heavy atom. The molecule has 18 heavy (non-hydrogen) atoms. The normalized spacial score (nSPS) is 20.2. The van der Waals surface area contributed by atoms with E-state index >= 15 is 0 Å². The highest BCUT2D eigenvalue weighted by molar-refractivity contribution is 7.89. The first kappa shape index (κ1) is 15.9. The highest BCUT2D eigenvalue weighted by Crippen LogP contribution is 2.13. The maximum absolute atomic E-state index is 11.7. The van der Waals surface area contributed by atoms with Crippen molar-refractivity contribution in [3.05, 3.63) is 0 Å². The third-order valence-electron chi connectivity index (χ3n) is 3.04. The molecule has 0 atom stereocenters. The second-order valence-electron chi connectivity index (χ2n) is 5.98. The number of nitrogens with zero attached hydrogens (tertiary/aromatic N) is 1. The van der Waals surface area contributed by atoms with Crippen LogP contribution in [0.25, 0.3) is 0 Å². The largest absolute Gasteiger partial charge is 0.324 e. The zero-order chi connectivity index (χ0) is 13.8. The van der Waals surface area contributed by atoms with Crippen LogP contribution in [-0.4, -0.2) is 50.3 Å². The summed E-state index contributed by atoms with van der Waals surface area (Å²) in [5.74, 6) is 0.225. The van der Waals surface area contributed by atoms with Gasteiger partial charge in [0.15, 0.2) is 0 Å². The molecule has 1 saturated heterocycles. The Kier molecular flexibility index (Phi) is 5.58. The van der Waals surface area contributed by atoms with E-state index in [4.69, 9.17) is 5.73 Å². The van der Waals surface area contributed by atoms with Gasteiger partial charge in [-0.1, -0.05) is 6.92 Å². The summed E-state index contributed by atoms with van der Waals surface area (Å²) in [6.07, 6.45) is 2.41. The Morgan fingerprint density at radius 3 is 2.33 bits per heavy atom. The van der Waals surface area contributed by atoms with E-state index in [1.165, 1.54) is 0 Å². The van der Waals surface area contributed by atoms with E-state index in [1.807, 2.05) is 20.8 Å². The number of nitrogens with one attached hydrogen (secondary N) is 1. The molecule has 0 saturated carbocycles. The maximum Gasteiger partial charge on any atom is 0.211 e. The molecule has 108 valence electrons. The predicted molar refractivity (Wildman–Crippen MR) is 74.9 cm³/mol. The molecule has 0 aliphatic carbocycles. The molecular weight excluding hydrogens is 250 g/mol. The fraction of sp³-hybridized carbons (Fsp3) is 1.00. The number of hydrogen-bond acceptors (Lipinski definition) is 4. The third kappa shape index (κ3) is 6.13. The van der Waals surface area contributed by atoms with Gasteiger partial charge in [-0.25, -0.2) is 13.1 Å². The number of likely N-dealkylation sites (tertiary alicyclic amines) is 1. The summed E-state index contributed by atoms with van der Waals surface area (Å²) in [5, 5.41) is 0. The minimum absolute atomic E-state index is 0.0960. The first-order chi connectivity index (χ1) is 8.22. The average Bonchev–Trinajstić information content (AvgIpc) is 2.18. The van der Waals surface area contributed by atoms with Gasteiger partial charge in [0.1, 0.15) is 0 Å². The van der Waals surface area contributed by atoms with Gasteiger partial charge in [0.25, 0.3) is 0 Å². The van der Waals surface area contributed by atoms with Crippen LogP contribution in [0.4, 0.5) is 0 Å². The van der Waals surface area contributed by atoms with Crippen LogP contribution in [-0.2, 0) is 10.0 Å². The summed E-state index contributed by atoms with van der Waals surface area (Å²) >= 11 is 0. The summed E-state index contributed by atoms with van der Waals surface area (Å²) < 4.78 is 26.1. The lowest BCUT2D eigenvalue weighted by Crippen LogP contribution is -2.51. The van der Waals surface area contributed by atoms with E-state index in [2.05, 4.69) is 9.62 Å². The van der Waals surface area contributed by atoms with Gasteiger partial charge < -0.3 is 10.6 Å². The minimum Gasteiger partial charge on any atom is -0.324 e. The summed E-state index contributed by atoms with van der Waals surface area (Å²) in [7, 11) is -3.08. The van der Waals surface area contributed by atoms with Crippen LogP contribution in [0.3, 0.4) is 0 Å². The number of hydrogen-bond donors (Lipinski definition) is 2. The highest BCUT2D eigenvalue weighted by atomic mass is 32.2. The smallest absolute Gasteiger partial charge is 0.211 e. The van der Waals surface area contributed by atoms with Crippen molar-refractivity contribution in [2.75, 3.05) is 25.4 Å². The molecule has 1 heterocycles. The average molecular weight is 277 g/mol. The van der Waals surface area contributed by atoms with E-state index in [1.54, 1.807) is 0 Å². The van der Waals surface area contributed by atoms with Crippen molar-refractivity contribution < 1.29 is 8.42 Å². The van der Waals surface area contributed by atoms with Crippen LogP contribution in [0, 0.1) is 0 Å². The maximum atomic E-state index is 11.7. The quantitative estimate of drug-likeness (QED) is 0.742. The van der Waals surface area contributed by atoms with Crippen molar-refractivity contribution in [2.45, 2.75) is 51.6 Å². The van der Waals surface area contributed by atoms with Crippen LogP contribution >= 0.6 is 0 Å².